The fourth-order valence-electron chi connectivity index (χ4n) is 0.927. The first-order valence-corrected chi connectivity index (χ1v) is 4.42. The lowest BCUT2D eigenvalue weighted by molar-refractivity contribution is -0.0315. The molecule has 0 fully saturated rings. The molecule has 0 saturated heterocycles. The Hall–Kier alpha value is -0.520. The highest BCUT2D eigenvalue weighted by Crippen LogP contribution is 2.01. The van der Waals surface area contributed by atoms with Gasteiger partial charge in [-0.3, -0.25) is 0 Å². The van der Waals surface area contributed by atoms with E-state index in [0.29, 0.717) is 6.79 Å². The van der Waals surface area contributed by atoms with Crippen molar-refractivity contribution >= 4 is 0 Å². The summed E-state index contributed by atoms with van der Waals surface area (Å²) >= 11 is 0. The van der Waals surface area contributed by atoms with E-state index in [-0.39, 0.29) is 0 Å². The molecular formula is C10H18O2. The summed E-state index contributed by atoms with van der Waals surface area (Å²) in [6.07, 6.45) is 10.7. The number of methoxy groups -OCH3 is 1. The van der Waals surface area contributed by atoms with Gasteiger partial charge in [-0.1, -0.05) is 12.8 Å². The van der Waals surface area contributed by atoms with Gasteiger partial charge in [0, 0.05) is 20.1 Å². The number of ether oxygens (including phenoxy) is 2. The standard InChI is InChI=1S/C10H18O2/c1-3-4-5-6-7-8-9-12-10-11-2/h1H,4-10H2,2H3. The van der Waals surface area contributed by atoms with E-state index < -0.39 is 0 Å². The van der Waals surface area contributed by atoms with Gasteiger partial charge in [-0.05, 0) is 12.8 Å². The molecule has 0 spiro atoms. The number of unbranched alkanes of at least 4 members (excludes halogenated alkanes) is 4. The zero-order valence-electron chi connectivity index (χ0n) is 7.84. The van der Waals surface area contributed by atoms with E-state index in [4.69, 9.17) is 15.9 Å². The van der Waals surface area contributed by atoms with E-state index >= 15 is 0 Å². The predicted molar refractivity (Wildman–Crippen MR) is 49.7 cm³/mol. The normalized spacial score (nSPS) is 9.67. The summed E-state index contributed by atoms with van der Waals surface area (Å²) < 4.78 is 9.86. The molecule has 0 N–H and O–H groups in total. The van der Waals surface area contributed by atoms with Crippen LogP contribution in [0, 0.1) is 12.3 Å². The van der Waals surface area contributed by atoms with Gasteiger partial charge in [-0.15, -0.1) is 12.3 Å². The van der Waals surface area contributed by atoms with E-state index in [9.17, 15) is 0 Å². The van der Waals surface area contributed by atoms with Crippen molar-refractivity contribution in [3.8, 4) is 12.3 Å². The van der Waals surface area contributed by atoms with Gasteiger partial charge in [0.2, 0.25) is 0 Å². The van der Waals surface area contributed by atoms with Crippen molar-refractivity contribution in [2.75, 3.05) is 20.5 Å². The fraction of sp³-hybridized carbons (Fsp3) is 0.800. The Labute approximate surface area is 75.3 Å². The van der Waals surface area contributed by atoms with Gasteiger partial charge in [-0.2, -0.15) is 0 Å². The minimum absolute atomic E-state index is 0.407. The van der Waals surface area contributed by atoms with Crippen molar-refractivity contribution in [3.63, 3.8) is 0 Å². The van der Waals surface area contributed by atoms with Crippen LogP contribution in [-0.2, 0) is 9.47 Å². The Morgan fingerprint density at radius 2 is 1.92 bits per heavy atom. The molecule has 0 aliphatic carbocycles. The first-order valence-electron chi connectivity index (χ1n) is 4.42. The first-order chi connectivity index (χ1) is 5.91. The van der Waals surface area contributed by atoms with Crippen LogP contribution < -0.4 is 0 Å². The Kier molecular flexibility index (Phi) is 10.0. The molecule has 70 valence electrons. The van der Waals surface area contributed by atoms with Crippen molar-refractivity contribution in [1.82, 2.24) is 0 Å². The van der Waals surface area contributed by atoms with Gasteiger partial charge in [-0.25, -0.2) is 0 Å². The van der Waals surface area contributed by atoms with E-state index in [1.165, 1.54) is 12.8 Å². The maximum atomic E-state index is 5.13. The third-order valence-corrected chi connectivity index (χ3v) is 1.56. The summed E-state index contributed by atoms with van der Waals surface area (Å²) in [6.45, 7) is 1.20. The van der Waals surface area contributed by atoms with E-state index in [0.717, 1.165) is 25.9 Å². The van der Waals surface area contributed by atoms with Crippen LogP contribution in [0.15, 0.2) is 0 Å². The second kappa shape index (κ2) is 10.5. The molecule has 0 aliphatic heterocycles. The summed E-state index contributed by atoms with van der Waals surface area (Å²) in [5.74, 6) is 2.63. The summed E-state index contributed by atoms with van der Waals surface area (Å²) in [5.41, 5.74) is 0. The van der Waals surface area contributed by atoms with E-state index in [1.807, 2.05) is 0 Å². The first kappa shape index (κ1) is 11.5. The maximum absolute atomic E-state index is 5.13. The third-order valence-electron chi connectivity index (χ3n) is 1.56. The lowest BCUT2D eigenvalue weighted by Gasteiger charge is -2.01. The molecule has 0 aliphatic rings. The molecule has 2 heteroatoms. The summed E-state index contributed by atoms with van der Waals surface area (Å²) in [7, 11) is 1.63. The molecule has 0 aromatic rings. The number of hydrogen-bond acceptors (Lipinski definition) is 2. The molecule has 0 aromatic carbocycles. The van der Waals surface area contributed by atoms with Crippen LogP contribution in [0.3, 0.4) is 0 Å². The van der Waals surface area contributed by atoms with E-state index in [1.54, 1.807) is 7.11 Å². The third kappa shape index (κ3) is 9.48. The topological polar surface area (TPSA) is 18.5 Å². The predicted octanol–water partition coefficient (Wildman–Crippen LogP) is 2.19. The van der Waals surface area contributed by atoms with Gasteiger partial charge >= 0.3 is 0 Å². The van der Waals surface area contributed by atoms with Crippen molar-refractivity contribution in [1.29, 1.82) is 0 Å². The molecule has 0 saturated carbocycles. The van der Waals surface area contributed by atoms with Gasteiger partial charge in [0.15, 0.2) is 0 Å². The summed E-state index contributed by atoms with van der Waals surface area (Å²) in [5, 5.41) is 0. The molecule has 0 amide bonds. The molecule has 0 bridgehead atoms. The van der Waals surface area contributed by atoms with Crippen LogP contribution in [0.2, 0.25) is 0 Å². The maximum Gasteiger partial charge on any atom is 0.146 e. The molecule has 2 nitrogen and oxygen atoms in total. The number of rotatable bonds is 8. The number of terminal acetylenes is 1. The zero-order valence-corrected chi connectivity index (χ0v) is 7.84. The van der Waals surface area contributed by atoms with Gasteiger partial charge in [0.1, 0.15) is 6.79 Å². The second-order valence-corrected chi connectivity index (χ2v) is 2.68. The van der Waals surface area contributed by atoms with Crippen molar-refractivity contribution in [2.45, 2.75) is 32.1 Å². The Morgan fingerprint density at radius 3 is 2.58 bits per heavy atom. The second-order valence-electron chi connectivity index (χ2n) is 2.68. The van der Waals surface area contributed by atoms with Crippen LogP contribution >= 0.6 is 0 Å². The monoisotopic (exact) mass is 170 g/mol. The minimum atomic E-state index is 0.407. The fourth-order valence-corrected chi connectivity index (χ4v) is 0.927. The smallest absolute Gasteiger partial charge is 0.146 e. The molecule has 0 aromatic heterocycles. The lowest BCUT2D eigenvalue weighted by atomic mass is 10.1. The quantitative estimate of drug-likeness (QED) is 0.316. The van der Waals surface area contributed by atoms with Crippen LogP contribution in [0.25, 0.3) is 0 Å². The van der Waals surface area contributed by atoms with Crippen LogP contribution in [0.1, 0.15) is 32.1 Å². The molecule has 12 heavy (non-hydrogen) atoms. The average molecular weight is 170 g/mol. The highest BCUT2D eigenvalue weighted by atomic mass is 16.7. The molecule has 0 rings (SSSR count). The highest BCUT2D eigenvalue weighted by Gasteiger charge is 1.89. The average Bonchev–Trinajstić information content (AvgIpc) is 2.10. The molecule has 0 unspecified atom stereocenters. The minimum Gasteiger partial charge on any atom is -0.359 e. The van der Waals surface area contributed by atoms with Gasteiger partial charge in [0.05, 0.1) is 0 Å². The largest absolute Gasteiger partial charge is 0.359 e. The van der Waals surface area contributed by atoms with Crippen LogP contribution in [0.4, 0.5) is 0 Å². The van der Waals surface area contributed by atoms with Crippen molar-refractivity contribution < 1.29 is 9.47 Å². The van der Waals surface area contributed by atoms with Gasteiger partial charge in [0.25, 0.3) is 0 Å². The SMILES string of the molecule is C#CCCCCCCOCOC. The van der Waals surface area contributed by atoms with E-state index in [2.05, 4.69) is 5.92 Å². The highest BCUT2D eigenvalue weighted by molar-refractivity contribution is 4.82. The number of hydrogen-bond donors (Lipinski definition) is 0. The van der Waals surface area contributed by atoms with Crippen LogP contribution in [-0.4, -0.2) is 20.5 Å². The molecular weight excluding hydrogens is 152 g/mol. The Morgan fingerprint density at radius 1 is 1.17 bits per heavy atom. The van der Waals surface area contributed by atoms with Crippen molar-refractivity contribution in [3.05, 3.63) is 0 Å². The van der Waals surface area contributed by atoms with Gasteiger partial charge < -0.3 is 9.47 Å². The Bertz CT molecular complexity index is 115. The van der Waals surface area contributed by atoms with Crippen LogP contribution in [0.5, 0.6) is 0 Å². The lowest BCUT2D eigenvalue weighted by Crippen LogP contribution is -1.98. The summed E-state index contributed by atoms with van der Waals surface area (Å²) in [4.78, 5) is 0. The molecule has 0 atom stereocenters. The zero-order chi connectivity index (χ0) is 9.07. The van der Waals surface area contributed by atoms with Crippen molar-refractivity contribution in [2.24, 2.45) is 0 Å². The molecule has 0 heterocycles. The Balaban J connectivity index is 2.78. The molecule has 0 radical (unpaired) electrons. The summed E-state index contributed by atoms with van der Waals surface area (Å²) in [6, 6.07) is 0.